The number of carbonyl (C=O) groups is 1. The second kappa shape index (κ2) is 4.80. The maximum absolute atomic E-state index is 12.5. The molecule has 0 aliphatic heterocycles. The number of ketones is 1. The predicted octanol–water partition coefficient (Wildman–Crippen LogP) is 3.32. The fourth-order valence-corrected chi connectivity index (χ4v) is 4.75. The van der Waals surface area contributed by atoms with E-state index >= 15 is 0 Å². The number of fused-ring (bicyclic) bond motifs is 3. The van der Waals surface area contributed by atoms with E-state index in [1.165, 1.54) is 12.1 Å². The summed E-state index contributed by atoms with van der Waals surface area (Å²) in [6.07, 6.45) is 2.97. The molecule has 1 fully saturated rings. The Kier molecular flexibility index (Phi) is 3.27. The first kappa shape index (κ1) is 15.0. The Morgan fingerprint density at radius 1 is 1.36 bits per heavy atom. The zero-order valence-electron chi connectivity index (χ0n) is 13.0. The average molecular weight is 303 g/mol. The van der Waals surface area contributed by atoms with E-state index in [2.05, 4.69) is 13.8 Å². The van der Waals surface area contributed by atoms with Crippen molar-refractivity contribution in [2.45, 2.75) is 44.9 Å². The molecule has 0 aromatic heterocycles. The fraction of sp³-hybridized carbons (Fsp3) is 0.588. The zero-order valence-corrected chi connectivity index (χ0v) is 13.0. The van der Waals surface area contributed by atoms with Gasteiger partial charge in [0.25, 0.3) is 0 Å². The minimum Gasteiger partial charge on any atom is -0.508 e. The van der Waals surface area contributed by atoms with Gasteiger partial charge in [-0.15, -0.1) is 0 Å². The Morgan fingerprint density at radius 3 is 2.77 bits per heavy atom. The van der Waals surface area contributed by atoms with Gasteiger partial charge in [0.15, 0.2) is 5.78 Å². The van der Waals surface area contributed by atoms with Gasteiger partial charge >= 0.3 is 0 Å². The SMILES string of the molecule is CC1(C)CCC[C@]2(C[N+](=O)[O-])c3ccc(O)cc3C(=O)C[C@@H]12. The van der Waals surface area contributed by atoms with E-state index < -0.39 is 5.41 Å². The summed E-state index contributed by atoms with van der Waals surface area (Å²) < 4.78 is 0. The number of aromatic hydroxyl groups is 1. The van der Waals surface area contributed by atoms with Gasteiger partial charge in [0.05, 0.1) is 5.41 Å². The highest BCUT2D eigenvalue weighted by molar-refractivity contribution is 6.00. The van der Waals surface area contributed by atoms with Crippen molar-refractivity contribution in [3.8, 4) is 5.75 Å². The molecule has 22 heavy (non-hydrogen) atoms. The second-order valence-corrected chi connectivity index (χ2v) is 7.40. The van der Waals surface area contributed by atoms with Crippen molar-refractivity contribution in [1.29, 1.82) is 0 Å². The average Bonchev–Trinajstić information content (AvgIpc) is 2.40. The highest BCUT2D eigenvalue weighted by Crippen LogP contribution is 2.57. The lowest BCUT2D eigenvalue weighted by Crippen LogP contribution is -2.54. The lowest BCUT2D eigenvalue weighted by atomic mass is 9.49. The summed E-state index contributed by atoms with van der Waals surface area (Å²) in [7, 11) is 0. The van der Waals surface area contributed by atoms with Gasteiger partial charge in [-0.05, 0) is 41.9 Å². The summed E-state index contributed by atoms with van der Waals surface area (Å²) in [4.78, 5) is 23.6. The van der Waals surface area contributed by atoms with Crippen LogP contribution in [0.4, 0.5) is 0 Å². The number of carbonyl (C=O) groups excluding carboxylic acids is 1. The van der Waals surface area contributed by atoms with Crippen LogP contribution in [0, 0.1) is 21.4 Å². The van der Waals surface area contributed by atoms with Crippen molar-refractivity contribution in [1.82, 2.24) is 0 Å². The van der Waals surface area contributed by atoms with E-state index in [4.69, 9.17) is 0 Å². The number of phenolic OH excluding ortho intramolecular Hbond substituents is 1. The number of benzene rings is 1. The molecular formula is C17H21NO4. The van der Waals surface area contributed by atoms with Crippen LogP contribution in [0.25, 0.3) is 0 Å². The van der Waals surface area contributed by atoms with Crippen molar-refractivity contribution < 1.29 is 14.8 Å². The van der Waals surface area contributed by atoms with Crippen LogP contribution in [0.15, 0.2) is 18.2 Å². The molecule has 5 nitrogen and oxygen atoms in total. The highest BCUT2D eigenvalue weighted by atomic mass is 16.6. The fourth-order valence-electron chi connectivity index (χ4n) is 4.75. The van der Waals surface area contributed by atoms with Gasteiger partial charge in [-0.25, -0.2) is 0 Å². The lowest BCUT2D eigenvalue weighted by molar-refractivity contribution is -0.495. The van der Waals surface area contributed by atoms with Crippen LogP contribution in [-0.2, 0) is 5.41 Å². The van der Waals surface area contributed by atoms with E-state index in [9.17, 15) is 20.0 Å². The molecule has 2 aliphatic carbocycles. The first-order chi connectivity index (χ1) is 10.3. The molecule has 0 unspecified atom stereocenters. The van der Waals surface area contributed by atoms with E-state index in [1.54, 1.807) is 6.07 Å². The maximum atomic E-state index is 12.5. The van der Waals surface area contributed by atoms with Gasteiger partial charge in [-0.1, -0.05) is 26.3 Å². The normalized spacial score (nSPS) is 29.5. The Hall–Kier alpha value is -1.91. The number of phenols is 1. The molecule has 0 spiro atoms. The highest BCUT2D eigenvalue weighted by Gasteiger charge is 2.57. The summed E-state index contributed by atoms with van der Waals surface area (Å²) in [5.41, 5.74) is 0.536. The summed E-state index contributed by atoms with van der Waals surface area (Å²) in [5, 5.41) is 21.0. The third-order valence-corrected chi connectivity index (χ3v) is 5.70. The number of nitrogens with zero attached hydrogens (tertiary/aromatic N) is 1. The van der Waals surface area contributed by atoms with E-state index in [0.29, 0.717) is 12.0 Å². The van der Waals surface area contributed by atoms with Gasteiger partial charge in [0.1, 0.15) is 5.75 Å². The van der Waals surface area contributed by atoms with Gasteiger partial charge in [0.2, 0.25) is 6.54 Å². The minimum absolute atomic E-state index is 0.00940. The molecule has 0 radical (unpaired) electrons. The van der Waals surface area contributed by atoms with Gasteiger partial charge < -0.3 is 5.11 Å². The van der Waals surface area contributed by atoms with Crippen LogP contribution in [0.2, 0.25) is 0 Å². The first-order valence-electron chi connectivity index (χ1n) is 7.75. The number of rotatable bonds is 2. The molecule has 2 aliphatic rings. The molecule has 1 aromatic rings. The van der Waals surface area contributed by atoms with Crippen LogP contribution < -0.4 is 0 Å². The molecule has 0 heterocycles. The Labute approximate surface area is 129 Å². The summed E-state index contributed by atoms with van der Waals surface area (Å²) in [6.45, 7) is 4.08. The van der Waals surface area contributed by atoms with Crippen molar-refractivity contribution in [3.05, 3.63) is 39.4 Å². The van der Waals surface area contributed by atoms with Crippen molar-refractivity contribution in [2.75, 3.05) is 6.54 Å². The Bertz CT molecular complexity index is 652. The third kappa shape index (κ3) is 2.11. The molecule has 1 saturated carbocycles. The third-order valence-electron chi connectivity index (χ3n) is 5.70. The first-order valence-corrected chi connectivity index (χ1v) is 7.75. The number of Topliss-reactive ketones (excluding diaryl/α,β-unsaturated/α-hetero) is 1. The largest absolute Gasteiger partial charge is 0.508 e. The van der Waals surface area contributed by atoms with Gasteiger partial charge in [-0.3, -0.25) is 14.9 Å². The molecular weight excluding hydrogens is 282 g/mol. The molecule has 0 saturated heterocycles. The Balaban J connectivity index is 2.23. The monoisotopic (exact) mass is 303 g/mol. The lowest BCUT2D eigenvalue weighted by Gasteiger charge is -2.53. The molecule has 1 N–H and O–H groups in total. The number of hydrogen-bond donors (Lipinski definition) is 1. The van der Waals surface area contributed by atoms with E-state index in [1.807, 2.05) is 0 Å². The summed E-state index contributed by atoms with van der Waals surface area (Å²) in [6, 6.07) is 4.73. The molecule has 118 valence electrons. The summed E-state index contributed by atoms with van der Waals surface area (Å²) in [5.74, 6) is 0.00501. The van der Waals surface area contributed by atoms with Crippen molar-refractivity contribution in [2.24, 2.45) is 11.3 Å². The minimum atomic E-state index is -0.595. The van der Waals surface area contributed by atoms with E-state index in [-0.39, 0.29) is 34.3 Å². The van der Waals surface area contributed by atoms with Crippen LogP contribution in [0.5, 0.6) is 5.75 Å². The van der Waals surface area contributed by atoms with Crippen LogP contribution in [0.3, 0.4) is 0 Å². The Morgan fingerprint density at radius 2 is 2.09 bits per heavy atom. The van der Waals surface area contributed by atoms with Crippen LogP contribution in [0.1, 0.15) is 55.5 Å². The number of nitro groups is 1. The zero-order chi connectivity index (χ0) is 16.1. The smallest absolute Gasteiger partial charge is 0.213 e. The standard InChI is InChI=1S/C17H21NO4/c1-16(2)6-3-7-17(10-18(21)22)13-5-4-11(19)8-12(13)14(20)9-15(16)17/h4-5,8,15,19H,3,6-7,9-10H2,1-2H3/t15-,17-/m0/s1. The van der Waals surface area contributed by atoms with Gasteiger partial charge in [0, 0.05) is 16.9 Å². The predicted molar refractivity (Wildman–Crippen MR) is 81.7 cm³/mol. The second-order valence-electron chi connectivity index (χ2n) is 7.40. The summed E-state index contributed by atoms with van der Waals surface area (Å²) >= 11 is 0. The quantitative estimate of drug-likeness (QED) is 0.671. The number of hydrogen-bond acceptors (Lipinski definition) is 4. The van der Waals surface area contributed by atoms with E-state index in [0.717, 1.165) is 24.8 Å². The molecule has 3 rings (SSSR count). The van der Waals surface area contributed by atoms with Gasteiger partial charge in [-0.2, -0.15) is 0 Å². The molecule has 1 aromatic carbocycles. The van der Waals surface area contributed by atoms with Crippen LogP contribution in [-0.4, -0.2) is 22.4 Å². The van der Waals surface area contributed by atoms with Crippen molar-refractivity contribution in [3.63, 3.8) is 0 Å². The molecule has 5 heteroatoms. The van der Waals surface area contributed by atoms with Crippen LogP contribution >= 0.6 is 0 Å². The topological polar surface area (TPSA) is 80.4 Å². The van der Waals surface area contributed by atoms with Crippen molar-refractivity contribution >= 4 is 5.78 Å². The molecule has 2 atom stereocenters. The maximum Gasteiger partial charge on any atom is 0.213 e. The molecule has 0 bridgehead atoms. The molecule has 0 amide bonds.